The molecule has 0 saturated carbocycles. The highest BCUT2D eigenvalue weighted by molar-refractivity contribution is 8.01. The van der Waals surface area contributed by atoms with Crippen molar-refractivity contribution in [1.29, 1.82) is 0 Å². The third kappa shape index (κ3) is 2.83. The SMILES string of the molecule is CC1(C)S[C@@H]2C(NC(=O)C(N)c3ccc(O)cc3)C(=O)N2[C@H]1C(=O)O. The summed E-state index contributed by atoms with van der Waals surface area (Å²) in [5.74, 6) is -1.94. The number of nitrogens with one attached hydrogen (secondary N) is 1. The van der Waals surface area contributed by atoms with Crippen LogP contribution in [0.25, 0.3) is 0 Å². The van der Waals surface area contributed by atoms with Crippen molar-refractivity contribution >= 4 is 29.5 Å². The van der Waals surface area contributed by atoms with Gasteiger partial charge in [0.05, 0.1) is 0 Å². The summed E-state index contributed by atoms with van der Waals surface area (Å²) in [6.07, 6.45) is 0. The quantitative estimate of drug-likeness (QED) is 0.553. The van der Waals surface area contributed by atoms with Crippen LogP contribution in [0.3, 0.4) is 0 Å². The normalized spacial score (nSPS) is 28.0. The first-order valence-corrected chi connectivity index (χ1v) is 8.59. The maximum Gasteiger partial charge on any atom is 0.327 e. The molecule has 1 aromatic rings. The van der Waals surface area contributed by atoms with Gasteiger partial charge in [-0.3, -0.25) is 9.59 Å². The van der Waals surface area contributed by atoms with Gasteiger partial charge >= 0.3 is 5.97 Å². The number of thioether (sulfide) groups is 1. The van der Waals surface area contributed by atoms with Crippen molar-refractivity contribution in [2.45, 2.75) is 42.1 Å². The molecule has 0 spiro atoms. The third-order valence-electron chi connectivity index (χ3n) is 4.51. The number of carboxylic acids is 1. The highest BCUT2D eigenvalue weighted by atomic mass is 32.2. The molecule has 4 atom stereocenters. The van der Waals surface area contributed by atoms with Crippen molar-refractivity contribution in [3.63, 3.8) is 0 Å². The molecule has 5 N–H and O–H groups in total. The predicted molar refractivity (Wildman–Crippen MR) is 90.7 cm³/mol. The van der Waals surface area contributed by atoms with E-state index >= 15 is 0 Å². The number of rotatable bonds is 4. The minimum atomic E-state index is -1.06. The Kier molecular flexibility index (Phi) is 4.16. The fourth-order valence-corrected chi connectivity index (χ4v) is 4.85. The zero-order valence-electron chi connectivity index (χ0n) is 13.7. The molecule has 1 aromatic carbocycles. The summed E-state index contributed by atoms with van der Waals surface area (Å²) in [6, 6.07) is 3.21. The number of nitrogens with zero attached hydrogens (tertiary/aromatic N) is 1. The van der Waals surface area contributed by atoms with E-state index in [9.17, 15) is 24.6 Å². The number of carbonyl (C=O) groups excluding carboxylic acids is 2. The lowest BCUT2D eigenvalue weighted by molar-refractivity contribution is -0.161. The van der Waals surface area contributed by atoms with Crippen LogP contribution in [-0.4, -0.2) is 55.1 Å². The number of hydrogen-bond acceptors (Lipinski definition) is 6. The molecule has 2 heterocycles. The van der Waals surface area contributed by atoms with E-state index in [4.69, 9.17) is 5.73 Å². The van der Waals surface area contributed by atoms with Crippen LogP contribution in [0.15, 0.2) is 24.3 Å². The standard InChI is InChI=1S/C16H19N3O5S/c1-16(2)11(15(23)24)19-13(22)10(14(19)25-16)18-12(21)9(17)7-3-5-8(20)6-4-7/h3-6,9-11,14,20H,17H2,1-2H3,(H,18,21)(H,23,24)/t9?,10?,11-,14+/m0/s1. The summed E-state index contributed by atoms with van der Waals surface area (Å²) in [5.41, 5.74) is 6.41. The molecule has 0 aliphatic carbocycles. The maximum atomic E-state index is 12.3. The zero-order chi connectivity index (χ0) is 18.5. The van der Waals surface area contributed by atoms with Gasteiger partial charge in [-0.05, 0) is 31.5 Å². The summed E-state index contributed by atoms with van der Waals surface area (Å²) in [4.78, 5) is 37.5. The molecule has 25 heavy (non-hydrogen) atoms. The van der Waals surface area contributed by atoms with Gasteiger partial charge in [0.25, 0.3) is 0 Å². The van der Waals surface area contributed by atoms with E-state index in [-0.39, 0.29) is 5.75 Å². The smallest absolute Gasteiger partial charge is 0.327 e. The lowest BCUT2D eigenvalue weighted by Crippen LogP contribution is -2.71. The van der Waals surface area contributed by atoms with Crippen LogP contribution in [0, 0.1) is 0 Å². The number of amides is 2. The summed E-state index contributed by atoms with van der Waals surface area (Å²) in [7, 11) is 0. The van der Waals surface area contributed by atoms with Gasteiger partial charge in [-0.15, -0.1) is 11.8 Å². The van der Waals surface area contributed by atoms with E-state index in [1.807, 2.05) is 0 Å². The molecule has 2 fully saturated rings. The number of aliphatic carboxylic acids is 1. The highest BCUT2D eigenvalue weighted by Gasteiger charge is 2.64. The molecule has 134 valence electrons. The Labute approximate surface area is 148 Å². The number of phenols is 1. The molecule has 8 nitrogen and oxygen atoms in total. The number of hydrogen-bond donors (Lipinski definition) is 4. The summed E-state index contributed by atoms with van der Waals surface area (Å²) in [6.45, 7) is 3.53. The van der Waals surface area contributed by atoms with Crippen molar-refractivity contribution in [3.8, 4) is 5.75 Å². The first-order valence-electron chi connectivity index (χ1n) is 7.71. The predicted octanol–water partition coefficient (Wildman–Crippen LogP) is 0.0237. The van der Waals surface area contributed by atoms with Gasteiger partial charge in [-0.2, -0.15) is 0 Å². The van der Waals surface area contributed by atoms with Gasteiger partial charge in [-0.1, -0.05) is 12.1 Å². The van der Waals surface area contributed by atoms with Crippen molar-refractivity contribution < 1.29 is 24.6 Å². The van der Waals surface area contributed by atoms with E-state index < -0.39 is 46.0 Å². The van der Waals surface area contributed by atoms with Gasteiger partial charge in [0.2, 0.25) is 11.8 Å². The first kappa shape index (κ1) is 17.6. The van der Waals surface area contributed by atoms with Gasteiger partial charge in [-0.25, -0.2) is 4.79 Å². The third-order valence-corrected chi connectivity index (χ3v) is 6.08. The molecular weight excluding hydrogens is 346 g/mol. The van der Waals surface area contributed by atoms with E-state index in [1.54, 1.807) is 13.8 Å². The van der Waals surface area contributed by atoms with E-state index in [0.29, 0.717) is 5.56 Å². The van der Waals surface area contributed by atoms with Crippen LogP contribution < -0.4 is 11.1 Å². The fourth-order valence-electron chi connectivity index (χ4n) is 3.22. The van der Waals surface area contributed by atoms with Crippen LogP contribution in [0.4, 0.5) is 0 Å². The van der Waals surface area contributed by atoms with Crippen LogP contribution >= 0.6 is 11.8 Å². The second kappa shape index (κ2) is 5.92. The van der Waals surface area contributed by atoms with Gasteiger partial charge < -0.3 is 26.2 Å². The Morgan fingerprint density at radius 2 is 1.92 bits per heavy atom. The van der Waals surface area contributed by atoms with Crippen molar-refractivity contribution in [2.24, 2.45) is 5.73 Å². The summed E-state index contributed by atoms with van der Waals surface area (Å²) < 4.78 is -0.648. The number of carbonyl (C=O) groups is 3. The van der Waals surface area contributed by atoms with Gasteiger partial charge in [0.1, 0.15) is 29.2 Å². The number of benzene rings is 1. The molecule has 0 bridgehead atoms. The summed E-state index contributed by atoms with van der Waals surface area (Å²) in [5, 5.41) is 20.9. The minimum Gasteiger partial charge on any atom is -0.508 e. The Morgan fingerprint density at radius 3 is 2.48 bits per heavy atom. The molecule has 2 amide bonds. The Bertz CT molecular complexity index is 736. The fraction of sp³-hybridized carbons (Fsp3) is 0.438. The van der Waals surface area contributed by atoms with Crippen molar-refractivity contribution in [1.82, 2.24) is 10.2 Å². The molecule has 0 radical (unpaired) electrons. The summed E-state index contributed by atoms with van der Waals surface area (Å²) >= 11 is 1.35. The second-order valence-corrected chi connectivity index (χ2v) is 8.42. The zero-order valence-corrected chi connectivity index (χ0v) is 14.5. The lowest BCUT2D eigenvalue weighted by atomic mass is 9.95. The average molecular weight is 365 g/mol. The monoisotopic (exact) mass is 365 g/mol. The van der Waals surface area contributed by atoms with Crippen molar-refractivity contribution in [3.05, 3.63) is 29.8 Å². The lowest BCUT2D eigenvalue weighted by Gasteiger charge is -2.43. The van der Waals surface area contributed by atoms with Gasteiger partial charge in [0, 0.05) is 4.75 Å². The molecule has 2 unspecified atom stereocenters. The first-order chi connectivity index (χ1) is 11.6. The molecule has 2 aliphatic rings. The van der Waals surface area contributed by atoms with Crippen LogP contribution in [0.1, 0.15) is 25.5 Å². The second-order valence-electron chi connectivity index (χ2n) is 6.65. The number of carboxylic acid groups (broad SMARTS) is 1. The Morgan fingerprint density at radius 1 is 1.32 bits per heavy atom. The topological polar surface area (TPSA) is 133 Å². The van der Waals surface area contributed by atoms with Crippen LogP contribution in [-0.2, 0) is 14.4 Å². The van der Waals surface area contributed by atoms with E-state index in [0.717, 1.165) is 0 Å². The van der Waals surface area contributed by atoms with E-state index in [1.165, 1.54) is 40.9 Å². The average Bonchev–Trinajstić information content (AvgIpc) is 2.80. The highest BCUT2D eigenvalue weighted by Crippen LogP contribution is 2.50. The number of fused-ring (bicyclic) bond motifs is 1. The maximum absolute atomic E-state index is 12.3. The number of phenolic OH excluding ortho intramolecular Hbond substituents is 1. The Hall–Kier alpha value is -2.26. The largest absolute Gasteiger partial charge is 0.508 e. The molecule has 9 heteroatoms. The van der Waals surface area contributed by atoms with E-state index in [2.05, 4.69) is 5.32 Å². The molecule has 3 rings (SSSR count). The van der Waals surface area contributed by atoms with Crippen LogP contribution in [0.5, 0.6) is 5.75 Å². The molecule has 0 aromatic heterocycles. The minimum absolute atomic E-state index is 0.0606. The number of aromatic hydroxyl groups is 1. The molecule has 2 aliphatic heterocycles. The van der Waals surface area contributed by atoms with Gasteiger partial charge in [0.15, 0.2) is 0 Å². The molecular formula is C16H19N3O5S. The number of nitrogens with two attached hydrogens (primary N) is 1. The Balaban J connectivity index is 1.70. The number of β-lactam (4-membered cyclic amide) rings is 1. The van der Waals surface area contributed by atoms with Crippen LogP contribution in [0.2, 0.25) is 0 Å². The van der Waals surface area contributed by atoms with Crippen molar-refractivity contribution in [2.75, 3.05) is 0 Å². The molecule has 2 saturated heterocycles.